The Balaban J connectivity index is 2.15. The molecule has 0 aliphatic carbocycles. The van der Waals surface area contributed by atoms with E-state index in [0.29, 0.717) is 21.5 Å². The van der Waals surface area contributed by atoms with E-state index in [1.807, 2.05) is 0 Å². The lowest BCUT2D eigenvalue weighted by Gasteiger charge is -2.18. The molecule has 0 unspecified atom stereocenters. The van der Waals surface area contributed by atoms with Gasteiger partial charge in [0.1, 0.15) is 0 Å². The zero-order valence-electron chi connectivity index (χ0n) is 16.9. The van der Waals surface area contributed by atoms with E-state index in [0.717, 1.165) is 0 Å². The van der Waals surface area contributed by atoms with Crippen LogP contribution in [0.15, 0.2) is 81.8 Å². The van der Waals surface area contributed by atoms with E-state index in [1.165, 1.54) is 12.1 Å². The van der Waals surface area contributed by atoms with Gasteiger partial charge in [0.05, 0.1) is 9.04 Å². The zero-order valence-corrected chi connectivity index (χ0v) is 18.5. The molecule has 0 radical (unpaired) electrons. The van der Waals surface area contributed by atoms with Crippen molar-refractivity contribution in [3.63, 3.8) is 0 Å². The van der Waals surface area contributed by atoms with Crippen molar-refractivity contribution >= 4 is 42.2 Å². The van der Waals surface area contributed by atoms with Crippen LogP contribution in [0.5, 0.6) is 11.5 Å². The van der Waals surface area contributed by atoms with Crippen LogP contribution < -0.4 is 8.37 Å². The Morgan fingerprint density at radius 2 is 0.971 bits per heavy atom. The summed E-state index contributed by atoms with van der Waals surface area (Å²) in [7, 11) is -9.42. The summed E-state index contributed by atoms with van der Waals surface area (Å²) in [6.07, 6.45) is 0. The highest BCUT2D eigenvalue weighted by atomic mass is 32.2. The molecule has 0 saturated carbocycles. The van der Waals surface area contributed by atoms with Gasteiger partial charge < -0.3 is 8.37 Å². The van der Waals surface area contributed by atoms with Crippen molar-refractivity contribution in [1.29, 1.82) is 0 Å². The molecule has 0 aliphatic heterocycles. The third-order valence-electron chi connectivity index (χ3n) is 4.69. The van der Waals surface area contributed by atoms with Crippen molar-refractivity contribution in [2.24, 2.45) is 9.04 Å². The first-order valence-corrected chi connectivity index (χ1v) is 12.0. The highest BCUT2D eigenvalue weighted by molar-refractivity contribution is 7.85. The third kappa shape index (κ3) is 4.51. The van der Waals surface area contributed by atoms with Crippen LogP contribution in [0.25, 0.3) is 53.6 Å². The molecule has 0 aromatic heterocycles. The zero-order chi connectivity index (χ0) is 24.3. The predicted molar refractivity (Wildman–Crippen MR) is 124 cm³/mol. The third-order valence-corrected chi connectivity index (χ3v) is 6.02. The van der Waals surface area contributed by atoms with E-state index in [-0.39, 0.29) is 22.6 Å². The molecule has 0 atom stereocenters. The molecule has 0 spiro atoms. The molecule has 14 heteroatoms. The number of azide groups is 2. The Kier molecular flexibility index (Phi) is 5.88. The molecule has 0 N–H and O–H groups in total. The molecule has 170 valence electrons. The van der Waals surface area contributed by atoms with Crippen LogP contribution in [0.2, 0.25) is 0 Å². The lowest BCUT2D eigenvalue weighted by molar-refractivity contribution is 0.483. The Morgan fingerprint density at radius 1 is 0.588 bits per heavy atom. The second kappa shape index (κ2) is 8.81. The number of hydrogen-bond acceptors (Lipinski definition) is 6. The van der Waals surface area contributed by atoms with Crippen LogP contribution in [-0.2, 0) is 20.6 Å². The average Bonchev–Trinajstić information content (AvgIpc) is 2.79. The maximum Gasteiger partial charge on any atom is 0.403 e. The summed E-state index contributed by atoms with van der Waals surface area (Å²) in [5.74, 6) is -0.484. The smallest absolute Gasteiger partial charge is 0.376 e. The second-order valence-electron chi connectivity index (χ2n) is 6.68. The van der Waals surface area contributed by atoms with Gasteiger partial charge in [-0.25, -0.2) is 0 Å². The lowest BCUT2D eigenvalue weighted by atomic mass is 9.92. The Labute approximate surface area is 192 Å². The monoisotopic (exact) mass is 496 g/mol. The number of hydrogen-bond donors (Lipinski definition) is 0. The normalized spacial score (nSPS) is 11.4. The molecule has 0 bridgehead atoms. The van der Waals surface area contributed by atoms with Gasteiger partial charge >= 0.3 is 20.6 Å². The van der Waals surface area contributed by atoms with Crippen LogP contribution in [0.3, 0.4) is 0 Å². The minimum Gasteiger partial charge on any atom is -0.376 e. The molecule has 12 nitrogen and oxygen atoms in total. The van der Waals surface area contributed by atoms with Crippen LogP contribution in [0, 0.1) is 0 Å². The Hall–Kier alpha value is -4.48. The molecule has 0 saturated heterocycles. The quantitative estimate of drug-likeness (QED) is 0.184. The molecule has 0 aliphatic rings. The fourth-order valence-electron chi connectivity index (χ4n) is 3.51. The first-order chi connectivity index (χ1) is 16.2. The van der Waals surface area contributed by atoms with E-state index in [2.05, 4.69) is 18.9 Å². The number of benzene rings is 4. The minimum atomic E-state index is -4.71. The van der Waals surface area contributed by atoms with Gasteiger partial charge in [-0.2, -0.15) is 16.8 Å². The molecule has 4 rings (SSSR count). The molecule has 34 heavy (non-hydrogen) atoms. The van der Waals surface area contributed by atoms with Gasteiger partial charge in [-0.1, -0.05) is 60.7 Å². The molecule has 0 fully saturated rings. The molecule has 0 amide bonds. The van der Waals surface area contributed by atoms with Crippen molar-refractivity contribution in [3.05, 3.63) is 93.7 Å². The van der Waals surface area contributed by atoms with Gasteiger partial charge in [-0.3, -0.25) is 0 Å². The van der Waals surface area contributed by atoms with Crippen molar-refractivity contribution in [3.8, 4) is 22.6 Å². The summed E-state index contributed by atoms with van der Waals surface area (Å²) in [5.41, 5.74) is 17.5. The van der Waals surface area contributed by atoms with Crippen LogP contribution in [-0.4, -0.2) is 16.8 Å². The number of rotatable bonds is 7. The second-order valence-corrected chi connectivity index (χ2v) is 9.05. The molecular formula is C20H12N6O6S2. The van der Waals surface area contributed by atoms with Crippen molar-refractivity contribution in [2.45, 2.75) is 0 Å². The molecular weight excluding hydrogens is 484 g/mol. The van der Waals surface area contributed by atoms with E-state index in [1.54, 1.807) is 60.7 Å². The molecule has 0 heterocycles. The first-order valence-electron chi connectivity index (χ1n) is 9.30. The van der Waals surface area contributed by atoms with Crippen molar-refractivity contribution < 1.29 is 25.2 Å². The average molecular weight is 496 g/mol. The standard InChI is InChI=1S/C20H12N6O6S2/c21-23-25-33(27,28)31-17-11-9-13-5-1-3-7-15(13)19(17)20-16-8-4-2-6-14(16)10-12-18(20)32-34(29,30)26-24-22/h1-12H. The largest absolute Gasteiger partial charge is 0.403 e. The van der Waals surface area contributed by atoms with Crippen molar-refractivity contribution in [1.82, 2.24) is 0 Å². The summed E-state index contributed by atoms with van der Waals surface area (Å²) in [6.45, 7) is 0. The number of nitrogens with zero attached hydrogens (tertiary/aromatic N) is 6. The van der Waals surface area contributed by atoms with E-state index in [9.17, 15) is 16.8 Å². The highest BCUT2D eigenvalue weighted by Crippen LogP contribution is 2.46. The van der Waals surface area contributed by atoms with Gasteiger partial charge in [0.25, 0.3) is 0 Å². The van der Waals surface area contributed by atoms with Gasteiger partial charge in [-0.05, 0) is 44.7 Å². The lowest BCUT2D eigenvalue weighted by Crippen LogP contribution is -2.08. The summed E-state index contributed by atoms with van der Waals surface area (Å²) in [5, 5.41) is 2.31. The SMILES string of the molecule is [N-]=[N+]=NS(=O)(=O)Oc1ccc2ccccc2c1-c1c(OS(=O)(=O)N=[N+]=[N-])ccc2ccccc12. The van der Waals surface area contributed by atoms with E-state index in [4.69, 9.17) is 19.4 Å². The van der Waals surface area contributed by atoms with Gasteiger partial charge in [0.15, 0.2) is 11.5 Å². The first kappa shape index (κ1) is 22.7. The Morgan fingerprint density at radius 3 is 1.35 bits per heavy atom. The maximum absolute atomic E-state index is 12.2. The Bertz CT molecular complexity index is 1630. The summed E-state index contributed by atoms with van der Waals surface area (Å²) in [4.78, 5) is 4.53. The fraction of sp³-hybridized carbons (Fsp3) is 0. The van der Waals surface area contributed by atoms with Crippen LogP contribution in [0.1, 0.15) is 0 Å². The molecule has 4 aromatic rings. The van der Waals surface area contributed by atoms with Crippen LogP contribution in [0.4, 0.5) is 0 Å². The maximum atomic E-state index is 12.2. The van der Waals surface area contributed by atoms with E-state index < -0.39 is 20.6 Å². The van der Waals surface area contributed by atoms with Gasteiger partial charge in [-0.15, -0.1) is 0 Å². The van der Waals surface area contributed by atoms with Gasteiger partial charge in [0.2, 0.25) is 0 Å². The highest BCUT2D eigenvalue weighted by Gasteiger charge is 2.24. The van der Waals surface area contributed by atoms with Crippen molar-refractivity contribution in [2.75, 3.05) is 0 Å². The molecule has 4 aromatic carbocycles. The predicted octanol–water partition coefficient (Wildman–Crippen LogP) is 5.53. The summed E-state index contributed by atoms with van der Waals surface area (Å²) >= 11 is 0. The van der Waals surface area contributed by atoms with Crippen LogP contribution >= 0.6 is 0 Å². The topological polar surface area (TPSA) is 184 Å². The summed E-state index contributed by atoms with van der Waals surface area (Å²) in [6, 6.07) is 19.6. The minimum absolute atomic E-state index is 0.151. The number of fused-ring (bicyclic) bond motifs is 2. The summed E-state index contributed by atoms with van der Waals surface area (Å²) < 4.78 is 64.2. The fourth-order valence-corrected chi connectivity index (χ4v) is 4.48. The van der Waals surface area contributed by atoms with E-state index >= 15 is 0 Å². The van der Waals surface area contributed by atoms with Gasteiger partial charge in [0, 0.05) is 21.0 Å².